The fraction of sp³-hybridized carbons (Fsp3) is 1.00. The summed E-state index contributed by atoms with van der Waals surface area (Å²) in [6.07, 6.45) is -2.64. The quantitative estimate of drug-likeness (QED) is 0.458. The zero-order valence-corrected chi connectivity index (χ0v) is 8.56. The molecule has 0 saturated carbocycles. The second-order valence-electron chi connectivity index (χ2n) is 2.89. The Morgan fingerprint density at radius 2 is 1.31 bits per heavy atom. The summed E-state index contributed by atoms with van der Waals surface area (Å²) in [6.45, 7) is 6.42. The van der Waals surface area contributed by atoms with Gasteiger partial charge in [0.1, 0.15) is 0 Å². The maximum absolute atomic E-state index is 8.75. The normalized spacial score (nSPS) is 20.8. The van der Waals surface area contributed by atoms with Crippen molar-refractivity contribution in [3.63, 3.8) is 0 Å². The third-order valence-corrected chi connectivity index (χ3v) is 1.93. The van der Waals surface area contributed by atoms with Crippen molar-refractivity contribution in [1.29, 1.82) is 0 Å². The summed E-state index contributed by atoms with van der Waals surface area (Å²) in [7, 11) is 1.95. The monoisotopic (exact) mass is 192 g/mol. The van der Waals surface area contributed by atoms with E-state index in [1.165, 1.54) is 4.90 Å². The fourth-order valence-electron chi connectivity index (χ4n) is 1.11. The van der Waals surface area contributed by atoms with Crippen molar-refractivity contribution < 1.29 is 15.3 Å². The minimum Gasteiger partial charge on any atom is -0.330 e. The number of hydrogen-bond acceptors (Lipinski definition) is 5. The molecule has 0 radical (unpaired) electrons. The number of likely N-dealkylation sites (N-methyl/N-ethyl adjacent to an activating group) is 1. The standard InChI is InChI=1S/C6H14N2O3.C2H6/c1-7-2-4-8(5-3-7)6(9,10)11;1-2/h9-11H,2-5H2,1H3;1-2H3. The molecule has 5 nitrogen and oxygen atoms in total. The van der Waals surface area contributed by atoms with Crippen LogP contribution in [0, 0.1) is 0 Å². The van der Waals surface area contributed by atoms with Crippen molar-refractivity contribution in [3.05, 3.63) is 0 Å². The maximum Gasteiger partial charge on any atom is 0.345 e. The molecule has 0 unspecified atom stereocenters. The lowest BCUT2D eigenvalue weighted by atomic mass is 10.3. The lowest BCUT2D eigenvalue weighted by Crippen LogP contribution is -2.56. The molecule has 13 heavy (non-hydrogen) atoms. The second-order valence-corrected chi connectivity index (χ2v) is 2.89. The molecule has 0 atom stereocenters. The van der Waals surface area contributed by atoms with Gasteiger partial charge in [0.25, 0.3) is 0 Å². The van der Waals surface area contributed by atoms with Gasteiger partial charge in [-0.15, -0.1) is 0 Å². The Hall–Kier alpha value is -0.200. The van der Waals surface area contributed by atoms with Gasteiger partial charge in [0, 0.05) is 26.2 Å². The molecule has 1 rings (SSSR count). The Morgan fingerprint density at radius 3 is 1.62 bits per heavy atom. The van der Waals surface area contributed by atoms with E-state index in [1.54, 1.807) is 0 Å². The van der Waals surface area contributed by atoms with Crippen LogP contribution in [0.4, 0.5) is 0 Å². The van der Waals surface area contributed by atoms with E-state index in [-0.39, 0.29) is 0 Å². The summed E-state index contributed by atoms with van der Waals surface area (Å²) >= 11 is 0. The Balaban J connectivity index is 0.000000671. The molecule has 1 fully saturated rings. The van der Waals surface area contributed by atoms with Crippen molar-refractivity contribution >= 4 is 0 Å². The van der Waals surface area contributed by atoms with E-state index in [9.17, 15) is 0 Å². The molecular formula is C8H20N2O3. The summed E-state index contributed by atoms with van der Waals surface area (Å²) in [6, 6.07) is 0. The van der Waals surface area contributed by atoms with Crippen LogP contribution >= 0.6 is 0 Å². The van der Waals surface area contributed by atoms with Gasteiger partial charge in [-0.1, -0.05) is 13.8 Å². The van der Waals surface area contributed by atoms with E-state index in [0.29, 0.717) is 13.1 Å². The molecule has 1 aliphatic rings. The number of aliphatic hydroxyl groups is 3. The Labute approximate surface area is 79.2 Å². The lowest BCUT2D eigenvalue weighted by Gasteiger charge is -2.36. The molecule has 0 bridgehead atoms. The number of nitrogens with zero attached hydrogens (tertiary/aromatic N) is 2. The average molecular weight is 192 g/mol. The molecule has 1 heterocycles. The molecule has 0 spiro atoms. The van der Waals surface area contributed by atoms with E-state index < -0.39 is 6.10 Å². The zero-order valence-electron chi connectivity index (χ0n) is 8.56. The summed E-state index contributed by atoms with van der Waals surface area (Å²) in [4.78, 5) is 3.27. The van der Waals surface area contributed by atoms with E-state index in [4.69, 9.17) is 15.3 Å². The van der Waals surface area contributed by atoms with Crippen molar-refractivity contribution in [2.24, 2.45) is 0 Å². The molecule has 1 aliphatic heterocycles. The van der Waals surface area contributed by atoms with E-state index in [1.807, 2.05) is 20.9 Å². The van der Waals surface area contributed by atoms with Crippen LogP contribution < -0.4 is 0 Å². The molecule has 3 N–H and O–H groups in total. The van der Waals surface area contributed by atoms with Crippen LogP contribution in [0.15, 0.2) is 0 Å². The molecule has 1 saturated heterocycles. The highest BCUT2D eigenvalue weighted by molar-refractivity contribution is 4.69. The van der Waals surface area contributed by atoms with Crippen molar-refractivity contribution in [3.8, 4) is 0 Å². The highest BCUT2D eigenvalue weighted by atomic mass is 16.7. The van der Waals surface area contributed by atoms with Gasteiger partial charge in [-0.3, -0.25) is 0 Å². The van der Waals surface area contributed by atoms with Gasteiger partial charge in [0.2, 0.25) is 0 Å². The first-order chi connectivity index (χ1) is 6.00. The molecule has 0 aromatic heterocycles. The van der Waals surface area contributed by atoms with Crippen LogP contribution in [0.3, 0.4) is 0 Å². The highest BCUT2D eigenvalue weighted by Crippen LogP contribution is 2.07. The Bertz CT molecular complexity index is 128. The summed E-state index contributed by atoms with van der Waals surface area (Å²) in [5, 5.41) is 26.2. The topological polar surface area (TPSA) is 67.2 Å². The smallest absolute Gasteiger partial charge is 0.330 e. The number of hydrogen-bond donors (Lipinski definition) is 3. The predicted octanol–water partition coefficient (Wildman–Crippen LogP) is -1.15. The van der Waals surface area contributed by atoms with Crippen LogP contribution in [0.5, 0.6) is 0 Å². The largest absolute Gasteiger partial charge is 0.345 e. The second kappa shape index (κ2) is 5.51. The summed E-state index contributed by atoms with van der Waals surface area (Å²) < 4.78 is 0. The molecular weight excluding hydrogens is 172 g/mol. The summed E-state index contributed by atoms with van der Waals surface area (Å²) in [5.74, 6) is 0. The van der Waals surface area contributed by atoms with Gasteiger partial charge in [-0.2, -0.15) is 0 Å². The van der Waals surface area contributed by atoms with Gasteiger partial charge < -0.3 is 20.2 Å². The first-order valence-corrected chi connectivity index (χ1v) is 4.61. The first kappa shape index (κ1) is 12.8. The van der Waals surface area contributed by atoms with Crippen molar-refractivity contribution in [1.82, 2.24) is 9.80 Å². The third kappa shape index (κ3) is 4.54. The minimum absolute atomic E-state index is 0.472. The van der Waals surface area contributed by atoms with Crippen LogP contribution in [0.1, 0.15) is 13.8 Å². The van der Waals surface area contributed by atoms with Crippen LogP contribution in [-0.2, 0) is 0 Å². The van der Waals surface area contributed by atoms with Gasteiger partial charge in [-0.05, 0) is 7.05 Å². The number of piperazine rings is 1. The van der Waals surface area contributed by atoms with Gasteiger partial charge in [0.15, 0.2) is 0 Å². The van der Waals surface area contributed by atoms with Crippen LogP contribution in [0.2, 0.25) is 0 Å². The van der Waals surface area contributed by atoms with Crippen LogP contribution in [-0.4, -0.2) is 64.4 Å². The summed E-state index contributed by atoms with van der Waals surface area (Å²) in [5.41, 5.74) is 0. The van der Waals surface area contributed by atoms with E-state index >= 15 is 0 Å². The van der Waals surface area contributed by atoms with Crippen LogP contribution in [0.25, 0.3) is 0 Å². The molecule has 0 aliphatic carbocycles. The SMILES string of the molecule is CC.CN1CCN(C(O)(O)O)CC1. The maximum atomic E-state index is 8.75. The molecule has 5 heteroatoms. The fourth-order valence-corrected chi connectivity index (χ4v) is 1.11. The first-order valence-electron chi connectivity index (χ1n) is 4.61. The lowest BCUT2D eigenvalue weighted by molar-refractivity contribution is -0.396. The zero-order chi connectivity index (χ0) is 10.5. The highest BCUT2D eigenvalue weighted by Gasteiger charge is 2.30. The Kier molecular flexibility index (Phi) is 5.43. The molecule has 0 aromatic carbocycles. The minimum atomic E-state index is -2.64. The van der Waals surface area contributed by atoms with Gasteiger partial charge >= 0.3 is 6.10 Å². The van der Waals surface area contributed by atoms with Crippen molar-refractivity contribution in [2.45, 2.75) is 19.9 Å². The number of rotatable bonds is 1. The predicted molar refractivity (Wildman–Crippen MR) is 49.8 cm³/mol. The van der Waals surface area contributed by atoms with Crippen molar-refractivity contribution in [2.75, 3.05) is 33.2 Å². The molecule has 0 amide bonds. The molecule has 80 valence electrons. The van der Waals surface area contributed by atoms with Gasteiger partial charge in [0.05, 0.1) is 0 Å². The van der Waals surface area contributed by atoms with Gasteiger partial charge in [-0.25, -0.2) is 4.90 Å². The van der Waals surface area contributed by atoms with E-state index in [2.05, 4.69) is 4.90 Å². The average Bonchev–Trinajstić information content (AvgIpc) is 2.07. The Morgan fingerprint density at radius 1 is 0.923 bits per heavy atom. The van der Waals surface area contributed by atoms with E-state index in [0.717, 1.165) is 13.1 Å². The third-order valence-electron chi connectivity index (χ3n) is 1.93. The molecule has 0 aromatic rings.